The molecule has 7 nitrogen and oxygen atoms in total. The molecule has 23 heavy (non-hydrogen) atoms. The molecule has 0 unspecified atom stereocenters. The average molecular weight is 313 g/mol. The van der Waals surface area contributed by atoms with Gasteiger partial charge < -0.3 is 9.47 Å². The predicted octanol–water partition coefficient (Wildman–Crippen LogP) is 1.62. The summed E-state index contributed by atoms with van der Waals surface area (Å²) in [6.45, 7) is 0.101. The third-order valence-electron chi connectivity index (χ3n) is 3.20. The minimum Gasteiger partial charge on any atom is -0.497 e. The first-order valence-electron chi connectivity index (χ1n) is 6.82. The van der Waals surface area contributed by atoms with Gasteiger partial charge in [-0.25, -0.2) is 9.48 Å². The molecule has 0 fully saturated rings. The van der Waals surface area contributed by atoms with Crippen molar-refractivity contribution < 1.29 is 14.3 Å². The van der Waals surface area contributed by atoms with Crippen molar-refractivity contribution in [2.24, 2.45) is 0 Å². The number of carbonyl (C=O) groups is 1. The molecule has 0 amide bonds. The van der Waals surface area contributed by atoms with Crippen molar-refractivity contribution in [3.8, 4) is 23.1 Å². The van der Waals surface area contributed by atoms with Gasteiger partial charge in [0.1, 0.15) is 11.3 Å². The quantitative estimate of drug-likeness (QED) is 0.779. The Morgan fingerprint density at radius 2 is 2.00 bits per heavy atom. The first kappa shape index (κ1) is 16.2. The Bertz CT molecular complexity index is 804. The molecule has 0 saturated carbocycles. The summed E-state index contributed by atoms with van der Waals surface area (Å²) in [6.07, 6.45) is 0.111. The molecule has 1 heterocycles. The number of ether oxygens (including phenoxy) is 2. The Morgan fingerprint density at radius 3 is 2.57 bits per heavy atom. The first-order valence-corrected chi connectivity index (χ1v) is 6.82. The number of nitrogens with zero attached hydrogens (tertiary/aromatic N) is 3. The van der Waals surface area contributed by atoms with E-state index in [4.69, 9.17) is 10.00 Å². The molecule has 0 aliphatic rings. The van der Waals surface area contributed by atoms with E-state index >= 15 is 0 Å². The second-order valence-corrected chi connectivity index (χ2v) is 4.60. The molecular formula is C16H15N3O4. The third kappa shape index (κ3) is 3.55. The molecule has 0 aliphatic carbocycles. The Kier molecular flexibility index (Phi) is 5.10. The van der Waals surface area contributed by atoms with Crippen molar-refractivity contribution in [3.63, 3.8) is 0 Å². The fraction of sp³-hybridized carbons (Fsp3) is 0.250. The van der Waals surface area contributed by atoms with Gasteiger partial charge in [0.15, 0.2) is 0 Å². The van der Waals surface area contributed by atoms with Gasteiger partial charge in [-0.2, -0.15) is 10.4 Å². The molecule has 118 valence electrons. The molecule has 2 rings (SSSR count). The number of carbonyl (C=O) groups excluding carboxylic acids is 1. The standard InChI is InChI=1S/C16H15N3O4/c1-22-12-6-4-11(5-7-12)14-10-13(16(21)23-2)15(20)19(18-14)9-3-8-17/h4-7,10H,3,9H2,1-2H3. The summed E-state index contributed by atoms with van der Waals surface area (Å²) in [5.41, 5.74) is 0.447. The zero-order valence-corrected chi connectivity index (χ0v) is 12.8. The van der Waals surface area contributed by atoms with E-state index in [0.29, 0.717) is 17.0 Å². The third-order valence-corrected chi connectivity index (χ3v) is 3.20. The van der Waals surface area contributed by atoms with Gasteiger partial charge in [0.25, 0.3) is 5.56 Å². The van der Waals surface area contributed by atoms with E-state index in [1.54, 1.807) is 31.4 Å². The van der Waals surface area contributed by atoms with Gasteiger partial charge in [-0.1, -0.05) is 0 Å². The molecule has 0 spiro atoms. The fourth-order valence-electron chi connectivity index (χ4n) is 2.01. The molecule has 0 atom stereocenters. The molecule has 0 radical (unpaired) electrons. The van der Waals surface area contributed by atoms with Crippen LogP contribution in [0.1, 0.15) is 16.8 Å². The number of hydrogen-bond donors (Lipinski definition) is 0. The Balaban J connectivity index is 2.55. The van der Waals surface area contributed by atoms with E-state index in [1.807, 2.05) is 6.07 Å². The van der Waals surface area contributed by atoms with Crippen LogP contribution in [0.25, 0.3) is 11.3 Å². The van der Waals surface area contributed by atoms with E-state index in [0.717, 1.165) is 4.68 Å². The number of rotatable bonds is 5. The van der Waals surface area contributed by atoms with Crippen LogP contribution in [0.2, 0.25) is 0 Å². The molecule has 0 bridgehead atoms. The van der Waals surface area contributed by atoms with Gasteiger partial charge in [-0.3, -0.25) is 4.79 Å². The molecule has 0 saturated heterocycles. The van der Waals surface area contributed by atoms with Crippen molar-refractivity contribution in [1.82, 2.24) is 9.78 Å². The van der Waals surface area contributed by atoms with Crippen molar-refractivity contribution >= 4 is 5.97 Å². The van der Waals surface area contributed by atoms with Crippen molar-refractivity contribution in [3.05, 3.63) is 46.2 Å². The highest BCUT2D eigenvalue weighted by molar-refractivity contribution is 5.90. The number of esters is 1. The summed E-state index contributed by atoms with van der Waals surface area (Å²) >= 11 is 0. The molecule has 2 aromatic rings. The molecule has 0 N–H and O–H groups in total. The second kappa shape index (κ2) is 7.22. The molecule has 1 aromatic carbocycles. The van der Waals surface area contributed by atoms with Crippen LogP contribution in [-0.2, 0) is 11.3 Å². The van der Waals surface area contributed by atoms with Crippen molar-refractivity contribution in [1.29, 1.82) is 5.26 Å². The van der Waals surface area contributed by atoms with E-state index in [-0.39, 0.29) is 18.5 Å². The minimum absolute atomic E-state index is 0.101. The zero-order chi connectivity index (χ0) is 16.8. The number of aryl methyl sites for hydroxylation is 1. The van der Waals surface area contributed by atoms with Crippen LogP contribution in [-0.4, -0.2) is 30.0 Å². The van der Waals surface area contributed by atoms with Gasteiger partial charge in [-0.15, -0.1) is 0 Å². The SMILES string of the molecule is COC(=O)c1cc(-c2ccc(OC)cc2)nn(CCC#N)c1=O. The monoisotopic (exact) mass is 313 g/mol. The number of methoxy groups -OCH3 is 2. The van der Waals surface area contributed by atoms with Crippen LogP contribution >= 0.6 is 0 Å². The van der Waals surface area contributed by atoms with Crippen LogP contribution in [0.5, 0.6) is 5.75 Å². The average Bonchev–Trinajstić information content (AvgIpc) is 2.60. The van der Waals surface area contributed by atoms with Crippen LogP contribution in [0.15, 0.2) is 35.1 Å². The van der Waals surface area contributed by atoms with Crippen LogP contribution in [0.4, 0.5) is 0 Å². The maximum absolute atomic E-state index is 12.2. The summed E-state index contributed by atoms with van der Waals surface area (Å²) in [7, 11) is 2.76. The van der Waals surface area contributed by atoms with E-state index in [9.17, 15) is 9.59 Å². The van der Waals surface area contributed by atoms with Gasteiger partial charge in [0.2, 0.25) is 0 Å². The maximum Gasteiger partial charge on any atom is 0.343 e. The Hall–Kier alpha value is -3.14. The van der Waals surface area contributed by atoms with Crippen molar-refractivity contribution in [2.45, 2.75) is 13.0 Å². The lowest BCUT2D eigenvalue weighted by Crippen LogP contribution is -2.29. The molecular weight excluding hydrogens is 298 g/mol. The van der Waals surface area contributed by atoms with Crippen LogP contribution < -0.4 is 10.3 Å². The maximum atomic E-state index is 12.2. The summed E-state index contributed by atoms with van der Waals surface area (Å²) in [5.74, 6) is -0.0578. The highest BCUT2D eigenvalue weighted by Crippen LogP contribution is 2.20. The van der Waals surface area contributed by atoms with Gasteiger partial charge in [-0.05, 0) is 30.3 Å². The second-order valence-electron chi connectivity index (χ2n) is 4.60. The number of benzene rings is 1. The van der Waals surface area contributed by atoms with Gasteiger partial charge in [0.05, 0.1) is 38.9 Å². The van der Waals surface area contributed by atoms with Crippen LogP contribution in [0.3, 0.4) is 0 Å². The fourth-order valence-corrected chi connectivity index (χ4v) is 2.01. The van der Waals surface area contributed by atoms with E-state index < -0.39 is 11.5 Å². The largest absolute Gasteiger partial charge is 0.497 e. The zero-order valence-electron chi connectivity index (χ0n) is 12.8. The lowest BCUT2D eigenvalue weighted by Gasteiger charge is -2.09. The van der Waals surface area contributed by atoms with E-state index in [2.05, 4.69) is 9.84 Å². The van der Waals surface area contributed by atoms with Gasteiger partial charge >= 0.3 is 5.97 Å². The lowest BCUT2D eigenvalue weighted by molar-refractivity contribution is 0.0597. The molecule has 0 aliphatic heterocycles. The summed E-state index contributed by atoms with van der Waals surface area (Å²) in [6, 6.07) is 10.4. The lowest BCUT2D eigenvalue weighted by atomic mass is 10.1. The van der Waals surface area contributed by atoms with Crippen molar-refractivity contribution in [2.75, 3.05) is 14.2 Å². The highest BCUT2D eigenvalue weighted by atomic mass is 16.5. The summed E-state index contributed by atoms with van der Waals surface area (Å²) < 4.78 is 10.8. The number of nitriles is 1. The Morgan fingerprint density at radius 1 is 1.30 bits per heavy atom. The molecule has 7 heteroatoms. The molecule has 1 aromatic heterocycles. The smallest absolute Gasteiger partial charge is 0.343 e. The number of hydrogen-bond acceptors (Lipinski definition) is 6. The predicted molar refractivity (Wildman–Crippen MR) is 82.1 cm³/mol. The summed E-state index contributed by atoms with van der Waals surface area (Å²) in [4.78, 5) is 24.0. The highest BCUT2D eigenvalue weighted by Gasteiger charge is 2.16. The first-order chi connectivity index (χ1) is 11.1. The number of aromatic nitrogens is 2. The topological polar surface area (TPSA) is 94.2 Å². The van der Waals surface area contributed by atoms with E-state index in [1.165, 1.54) is 13.2 Å². The normalized spacial score (nSPS) is 9.96. The summed E-state index contributed by atoms with van der Waals surface area (Å²) in [5, 5.41) is 12.9. The van der Waals surface area contributed by atoms with Gasteiger partial charge in [0, 0.05) is 5.56 Å². The minimum atomic E-state index is -0.738. The van der Waals surface area contributed by atoms with Crippen LogP contribution in [0, 0.1) is 11.3 Å². The Labute approximate surface area is 132 Å².